The van der Waals surface area contributed by atoms with Crippen molar-refractivity contribution in [2.24, 2.45) is 0 Å². The second-order valence-electron chi connectivity index (χ2n) is 3.30. The molecule has 0 aromatic rings. The van der Waals surface area contributed by atoms with Crippen LogP contribution in [0, 0.1) is 0 Å². The maximum atomic E-state index is 11.5. The van der Waals surface area contributed by atoms with E-state index < -0.39 is 28.0 Å². The molecule has 0 aliphatic carbocycles. The van der Waals surface area contributed by atoms with Crippen molar-refractivity contribution < 1.29 is 19.1 Å². The molecule has 0 radical (unpaired) electrons. The van der Waals surface area contributed by atoms with Crippen LogP contribution in [0.1, 0.15) is 6.92 Å². The maximum Gasteiger partial charge on any atom is 0.408 e. The molecule has 0 rings (SSSR count). The average Bonchev–Trinajstić information content (AvgIpc) is 2.24. The Morgan fingerprint density at radius 1 is 1.33 bits per heavy atom. The van der Waals surface area contributed by atoms with Gasteiger partial charge in [0.15, 0.2) is 5.54 Å². The van der Waals surface area contributed by atoms with Crippen LogP contribution < -0.4 is 5.32 Å². The number of alkyl halides is 3. The highest BCUT2D eigenvalue weighted by Crippen LogP contribution is 2.26. The SMILES string of the molecule is COC(=O)C(C)(/C=C/Cl)NC(=O)OCC(Cl)(Cl)Cl. The van der Waals surface area contributed by atoms with E-state index in [0.717, 1.165) is 12.6 Å². The van der Waals surface area contributed by atoms with Gasteiger partial charge in [0, 0.05) is 5.54 Å². The smallest absolute Gasteiger partial charge is 0.408 e. The second kappa shape index (κ2) is 7.28. The normalized spacial score (nSPS) is 15.0. The Morgan fingerprint density at radius 2 is 1.89 bits per heavy atom. The second-order valence-corrected chi connectivity index (χ2v) is 6.07. The van der Waals surface area contributed by atoms with Crippen molar-refractivity contribution in [3.8, 4) is 0 Å². The minimum absolute atomic E-state index is 0.467. The van der Waals surface area contributed by atoms with Crippen molar-refractivity contribution in [3.63, 3.8) is 0 Å². The minimum Gasteiger partial charge on any atom is -0.467 e. The summed E-state index contributed by atoms with van der Waals surface area (Å²) in [5, 5.41) is 2.23. The first-order chi connectivity index (χ1) is 8.14. The molecule has 0 fully saturated rings. The van der Waals surface area contributed by atoms with Gasteiger partial charge in [0.2, 0.25) is 3.79 Å². The Kier molecular flexibility index (Phi) is 7.14. The van der Waals surface area contributed by atoms with E-state index in [2.05, 4.69) is 14.8 Å². The molecule has 18 heavy (non-hydrogen) atoms. The topological polar surface area (TPSA) is 64.6 Å². The third-order valence-electron chi connectivity index (χ3n) is 1.73. The number of methoxy groups -OCH3 is 1. The van der Waals surface area contributed by atoms with Crippen LogP contribution in [0.5, 0.6) is 0 Å². The third-order valence-corrected chi connectivity index (χ3v) is 2.19. The van der Waals surface area contributed by atoms with Gasteiger partial charge in [-0.25, -0.2) is 9.59 Å². The van der Waals surface area contributed by atoms with E-state index in [-0.39, 0.29) is 0 Å². The highest BCUT2D eigenvalue weighted by atomic mass is 35.6. The monoisotopic (exact) mass is 337 g/mol. The van der Waals surface area contributed by atoms with Gasteiger partial charge in [0.05, 0.1) is 7.11 Å². The first kappa shape index (κ1) is 17.6. The van der Waals surface area contributed by atoms with Gasteiger partial charge in [0.1, 0.15) is 6.61 Å². The van der Waals surface area contributed by atoms with E-state index in [1.807, 2.05) is 0 Å². The molecule has 0 aromatic heterocycles. The Morgan fingerprint density at radius 3 is 2.28 bits per heavy atom. The molecule has 5 nitrogen and oxygen atoms in total. The number of halogens is 4. The molecule has 0 bridgehead atoms. The van der Waals surface area contributed by atoms with E-state index in [9.17, 15) is 9.59 Å². The molecule has 1 N–H and O–H groups in total. The van der Waals surface area contributed by atoms with Crippen LogP contribution in [0.3, 0.4) is 0 Å². The first-order valence-corrected chi connectivity index (χ1v) is 6.09. The lowest BCUT2D eigenvalue weighted by Crippen LogP contribution is -2.51. The van der Waals surface area contributed by atoms with E-state index in [0.29, 0.717) is 0 Å². The molecule has 1 amide bonds. The van der Waals surface area contributed by atoms with Crippen LogP contribution in [-0.4, -0.2) is 35.1 Å². The predicted molar refractivity (Wildman–Crippen MR) is 70.2 cm³/mol. The van der Waals surface area contributed by atoms with Crippen LogP contribution in [0.15, 0.2) is 11.6 Å². The molecular weight excluding hydrogens is 328 g/mol. The van der Waals surface area contributed by atoms with E-state index >= 15 is 0 Å². The van der Waals surface area contributed by atoms with Crippen molar-refractivity contribution in [1.82, 2.24) is 5.32 Å². The summed E-state index contributed by atoms with van der Waals surface area (Å²) in [4.78, 5) is 22.9. The number of ether oxygens (including phenoxy) is 2. The number of hydrogen-bond acceptors (Lipinski definition) is 4. The summed E-state index contributed by atoms with van der Waals surface area (Å²) < 4.78 is 7.39. The summed E-state index contributed by atoms with van der Waals surface area (Å²) >= 11 is 21.6. The molecule has 0 aliphatic heterocycles. The molecule has 0 saturated carbocycles. The van der Waals surface area contributed by atoms with Gasteiger partial charge < -0.3 is 14.8 Å². The number of rotatable bonds is 4. The fourth-order valence-electron chi connectivity index (χ4n) is 0.894. The van der Waals surface area contributed by atoms with Gasteiger partial charge in [0.25, 0.3) is 0 Å². The van der Waals surface area contributed by atoms with Crippen LogP contribution in [-0.2, 0) is 14.3 Å². The lowest BCUT2D eigenvalue weighted by Gasteiger charge is -2.24. The van der Waals surface area contributed by atoms with Crippen LogP contribution in [0.2, 0.25) is 0 Å². The molecule has 0 saturated heterocycles. The zero-order valence-corrected chi connectivity index (χ0v) is 12.5. The van der Waals surface area contributed by atoms with E-state index in [1.165, 1.54) is 13.0 Å². The van der Waals surface area contributed by atoms with Crippen molar-refractivity contribution in [3.05, 3.63) is 11.6 Å². The summed E-state index contributed by atoms with van der Waals surface area (Å²) in [6, 6.07) is 0. The van der Waals surface area contributed by atoms with Crippen LogP contribution in [0.4, 0.5) is 4.79 Å². The summed E-state index contributed by atoms with van der Waals surface area (Å²) in [6.07, 6.45) is 0.265. The molecule has 0 spiro atoms. The summed E-state index contributed by atoms with van der Waals surface area (Å²) in [5.41, 5.74) is -0.409. The molecule has 1 atom stereocenters. The third kappa shape index (κ3) is 6.54. The number of nitrogens with one attached hydrogen (secondary N) is 1. The Hall–Kier alpha value is -0.360. The Bertz CT molecular complexity index is 342. The maximum absolute atomic E-state index is 11.5. The largest absolute Gasteiger partial charge is 0.467 e. The molecule has 0 heterocycles. The summed E-state index contributed by atoms with van der Waals surface area (Å²) in [5.74, 6) is -0.731. The van der Waals surface area contributed by atoms with Crippen molar-refractivity contribution in [1.29, 1.82) is 0 Å². The summed E-state index contributed by atoms with van der Waals surface area (Å²) in [7, 11) is 1.16. The molecule has 9 heteroatoms. The molecule has 1 unspecified atom stereocenters. The lowest BCUT2D eigenvalue weighted by atomic mass is 10.0. The fourth-order valence-corrected chi connectivity index (χ4v) is 1.31. The molecular formula is C9H11Cl4NO4. The van der Waals surface area contributed by atoms with Gasteiger partial charge in [-0.3, -0.25) is 0 Å². The minimum atomic E-state index is -1.73. The van der Waals surface area contributed by atoms with Crippen molar-refractivity contribution >= 4 is 58.5 Å². The van der Waals surface area contributed by atoms with E-state index in [4.69, 9.17) is 46.4 Å². The van der Waals surface area contributed by atoms with Crippen LogP contribution in [0.25, 0.3) is 0 Å². The highest BCUT2D eigenvalue weighted by molar-refractivity contribution is 6.67. The first-order valence-electron chi connectivity index (χ1n) is 4.52. The predicted octanol–water partition coefficient (Wildman–Crippen LogP) is 2.77. The molecule has 0 aromatic carbocycles. The van der Waals surface area contributed by atoms with Crippen molar-refractivity contribution in [2.45, 2.75) is 16.3 Å². The molecule has 104 valence electrons. The lowest BCUT2D eigenvalue weighted by molar-refractivity contribution is -0.145. The highest BCUT2D eigenvalue weighted by Gasteiger charge is 2.34. The van der Waals surface area contributed by atoms with Gasteiger partial charge in [-0.15, -0.1) is 0 Å². The Balaban J connectivity index is 4.61. The van der Waals surface area contributed by atoms with Gasteiger partial charge in [-0.1, -0.05) is 46.4 Å². The van der Waals surface area contributed by atoms with E-state index in [1.54, 1.807) is 0 Å². The average molecular weight is 339 g/mol. The number of esters is 1. The molecule has 0 aliphatic rings. The van der Waals surface area contributed by atoms with Gasteiger partial charge in [-0.05, 0) is 13.0 Å². The standard InChI is InChI=1S/C9H11Cl4NO4/c1-8(3-4-10,6(15)17-2)14-7(16)18-5-9(11,12)13/h3-4H,5H2,1-2H3,(H,14,16)/b4-3+. The Labute approximate surface area is 124 Å². The van der Waals surface area contributed by atoms with Gasteiger partial charge >= 0.3 is 12.1 Å². The van der Waals surface area contributed by atoms with Gasteiger partial charge in [-0.2, -0.15) is 0 Å². The number of alkyl carbamates (subject to hydrolysis) is 1. The number of amides is 1. The summed E-state index contributed by atoms with van der Waals surface area (Å²) in [6.45, 7) is 0.902. The zero-order valence-electron chi connectivity index (χ0n) is 9.51. The zero-order chi connectivity index (χ0) is 14.4. The van der Waals surface area contributed by atoms with Crippen molar-refractivity contribution in [2.75, 3.05) is 13.7 Å². The number of carbonyl (C=O) groups is 2. The van der Waals surface area contributed by atoms with Crippen LogP contribution >= 0.6 is 46.4 Å². The quantitative estimate of drug-likeness (QED) is 0.632. The fraction of sp³-hybridized carbons (Fsp3) is 0.556. The number of hydrogen-bond donors (Lipinski definition) is 1. The number of carbonyl (C=O) groups excluding carboxylic acids is 2.